The van der Waals surface area contributed by atoms with Crippen molar-refractivity contribution in [2.75, 3.05) is 12.4 Å². The molecule has 19 heavy (non-hydrogen) atoms. The molecule has 0 amide bonds. The van der Waals surface area contributed by atoms with E-state index in [9.17, 15) is 0 Å². The van der Waals surface area contributed by atoms with Crippen molar-refractivity contribution in [3.8, 4) is 5.75 Å². The van der Waals surface area contributed by atoms with Gasteiger partial charge in [0.2, 0.25) is 0 Å². The standard InChI is InChI=1S/C17H27NO/c1-12(2)14-10-9-13(3)11-16(14)18-15-7-5-6-8-17(15)19-4/h5-8,12-14,16,18H,9-11H2,1-4H3. The monoisotopic (exact) mass is 261 g/mol. The molecule has 1 N–H and O–H groups in total. The molecule has 3 unspecified atom stereocenters. The van der Waals surface area contributed by atoms with Gasteiger partial charge in [-0.2, -0.15) is 0 Å². The second-order valence-corrected chi connectivity index (χ2v) is 6.28. The molecule has 1 saturated carbocycles. The average Bonchev–Trinajstić information content (AvgIpc) is 2.39. The Morgan fingerprint density at radius 2 is 1.95 bits per heavy atom. The molecular formula is C17H27NO. The van der Waals surface area contributed by atoms with Crippen LogP contribution in [-0.2, 0) is 0 Å². The Hall–Kier alpha value is -1.18. The Kier molecular flexibility index (Phi) is 4.73. The number of rotatable bonds is 4. The Labute approximate surface area is 117 Å². The van der Waals surface area contributed by atoms with Crippen LogP contribution in [0.25, 0.3) is 0 Å². The zero-order valence-electron chi connectivity index (χ0n) is 12.6. The van der Waals surface area contributed by atoms with Crippen LogP contribution in [0.15, 0.2) is 24.3 Å². The van der Waals surface area contributed by atoms with Gasteiger partial charge in [-0.25, -0.2) is 0 Å². The maximum Gasteiger partial charge on any atom is 0.141 e. The first-order chi connectivity index (χ1) is 9.11. The van der Waals surface area contributed by atoms with Crippen LogP contribution in [0, 0.1) is 17.8 Å². The van der Waals surface area contributed by atoms with E-state index in [1.54, 1.807) is 7.11 Å². The summed E-state index contributed by atoms with van der Waals surface area (Å²) >= 11 is 0. The SMILES string of the molecule is COc1ccccc1NC1CC(C)CCC1C(C)C. The smallest absolute Gasteiger partial charge is 0.141 e. The van der Waals surface area contributed by atoms with E-state index in [4.69, 9.17) is 4.74 Å². The Bertz CT molecular complexity index is 402. The van der Waals surface area contributed by atoms with Crippen LogP contribution in [0.5, 0.6) is 5.75 Å². The first kappa shape index (κ1) is 14.2. The second kappa shape index (κ2) is 6.31. The average molecular weight is 261 g/mol. The summed E-state index contributed by atoms with van der Waals surface area (Å²) in [5.41, 5.74) is 1.13. The number of anilines is 1. The predicted molar refractivity (Wildman–Crippen MR) is 81.7 cm³/mol. The van der Waals surface area contributed by atoms with Crippen LogP contribution in [0.3, 0.4) is 0 Å². The minimum atomic E-state index is 0.569. The van der Waals surface area contributed by atoms with E-state index in [0.717, 1.165) is 29.2 Å². The largest absolute Gasteiger partial charge is 0.495 e. The molecule has 1 aliphatic carbocycles. The molecule has 0 aromatic heterocycles. The maximum atomic E-state index is 5.45. The number of hydrogen-bond donors (Lipinski definition) is 1. The number of hydrogen-bond acceptors (Lipinski definition) is 2. The highest BCUT2D eigenvalue weighted by Crippen LogP contribution is 2.36. The fraction of sp³-hybridized carbons (Fsp3) is 0.647. The summed E-state index contributed by atoms with van der Waals surface area (Å²) in [4.78, 5) is 0. The van der Waals surface area contributed by atoms with E-state index in [1.165, 1.54) is 19.3 Å². The number of ether oxygens (including phenoxy) is 1. The predicted octanol–water partition coefficient (Wildman–Crippen LogP) is 4.57. The van der Waals surface area contributed by atoms with E-state index >= 15 is 0 Å². The lowest BCUT2D eigenvalue weighted by Gasteiger charge is -2.38. The Morgan fingerprint density at radius 3 is 2.63 bits per heavy atom. The summed E-state index contributed by atoms with van der Waals surface area (Å²) in [6.45, 7) is 7.06. The van der Waals surface area contributed by atoms with Crippen molar-refractivity contribution in [3.63, 3.8) is 0 Å². The molecule has 0 heterocycles. The zero-order chi connectivity index (χ0) is 13.8. The number of benzene rings is 1. The summed E-state index contributed by atoms with van der Waals surface area (Å²) in [7, 11) is 1.74. The van der Waals surface area contributed by atoms with Gasteiger partial charge in [-0.3, -0.25) is 0 Å². The van der Waals surface area contributed by atoms with E-state index in [0.29, 0.717) is 6.04 Å². The van der Waals surface area contributed by atoms with Crippen LogP contribution in [0.4, 0.5) is 5.69 Å². The molecule has 0 radical (unpaired) electrons. The van der Waals surface area contributed by atoms with Crippen molar-refractivity contribution in [1.29, 1.82) is 0 Å². The number of para-hydroxylation sites is 2. The van der Waals surface area contributed by atoms with Crippen molar-refractivity contribution in [1.82, 2.24) is 0 Å². The van der Waals surface area contributed by atoms with E-state index < -0.39 is 0 Å². The van der Waals surface area contributed by atoms with Crippen molar-refractivity contribution < 1.29 is 4.74 Å². The molecule has 106 valence electrons. The third-order valence-corrected chi connectivity index (χ3v) is 4.47. The second-order valence-electron chi connectivity index (χ2n) is 6.28. The Morgan fingerprint density at radius 1 is 1.21 bits per heavy atom. The van der Waals surface area contributed by atoms with Crippen molar-refractivity contribution in [2.24, 2.45) is 17.8 Å². The van der Waals surface area contributed by atoms with Gasteiger partial charge in [0, 0.05) is 6.04 Å². The third-order valence-electron chi connectivity index (χ3n) is 4.47. The molecule has 2 nitrogen and oxygen atoms in total. The van der Waals surface area contributed by atoms with Crippen LogP contribution in [-0.4, -0.2) is 13.2 Å². The van der Waals surface area contributed by atoms with Crippen LogP contribution >= 0.6 is 0 Å². The van der Waals surface area contributed by atoms with Crippen molar-refractivity contribution in [2.45, 2.75) is 46.1 Å². The van der Waals surface area contributed by atoms with Gasteiger partial charge in [0.1, 0.15) is 5.75 Å². The third kappa shape index (κ3) is 3.43. The van der Waals surface area contributed by atoms with Crippen LogP contribution in [0.1, 0.15) is 40.0 Å². The highest BCUT2D eigenvalue weighted by molar-refractivity contribution is 5.56. The molecule has 0 saturated heterocycles. The van der Waals surface area contributed by atoms with Gasteiger partial charge in [-0.15, -0.1) is 0 Å². The first-order valence-electron chi connectivity index (χ1n) is 7.51. The molecule has 0 aliphatic heterocycles. The minimum absolute atomic E-state index is 0.569. The van der Waals surface area contributed by atoms with Gasteiger partial charge >= 0.3 is 0 Å². The van der Waals surface area contributed by atoms with Gasteiger partial charge in [0.25, 0.3) is 0 Å². The van der Waals surface area contributed by atoms with E-state index in [-0.39, 0.29) is 0 Å². The molecule has 0 spiro atoms. The molecular weight excluding hydrogens is 234 g/mol. The molecule has 1 aromatic rings. The van der Waals surface area contributed by atoms with Gasteiger partial charge in [0.05, 0.1) is 12.8 Å². The van der Waals surface area contributed by atoms with E-state index in [1.807, 2.05) is 12.1 Å². The Balaban J connectivity index is 2.14. The molecule has 0 bridgehead atoms. The number of methoxy groups -OCH3 is 1. The summed E-state index contributed by atoms with van der Waals surface area (Å²) < 4.78 is 5.45. The van der Waals surface area contributed by atoms with Crippen molar-refractivity contribution in [3.05, 3.63) is 24.3 Å². The summed E-state index contributed by atoms with van der Waals surface area (Å²) in [5, 5.41) is 3.74. The molecule has 2 rings (SSSR count). The fourth-order valence-corrected chi connectivity index (χ4v) is 3.33. The normalized spacial score (nSPS) is 27.3. The molecule has 1 fully saturated rings. The zero-order valence-corrected chi connectivity index (χ0v) is 12.6. The number of nitrogens with one attached hydrogen (secondary N) is 1. The lowest BCUT2D eigenvalue weighted by Crippen LogP contribution is -2.37. The molecule has 2 heteroatoms. The summed E-state index contributed by atoms with van der Waals surface area (Å²) in [6.07, 6.45) is 3.97. The van der Waals surface area contributed by atoms with Gasteiger partial charge in [-0.05, 0) is 42.7 Å². The fourth-order valence-electron chi connectivity index (χ4n) is 3.33. The lowest BCUT2D eigenvalue weighted by atomic mass is 9.74. The summed E-state index contributed by atoms with van der Waals surface area (Å²) in [5.74, 6) is 3.27. The molecule has 1 aromatic carbocycles. The van der Waals surface area contributed by atoms with Gasteiger partial charge < -0.3 is 10.1 Å². The highest BCUT2D eigenvalue weighted by atomic mass is 16.5. The lowest BCUT2D eigenvalue weighted by molar-refractivity contribution is 0.211. The first-order valence-corrected chi connectivity index (χ1v) is 7.51. The van der Waals surface area contributed by atoms with E-state index in [2.05, 4.69) is 38.2 Å². The topological polar surface area (TPSA) is 21.3 Å². The van der Waals surface area contributed by atoms with Gasteiger partial charge in [-0.1, -0.05) is 39.3 Å². The highest BCUT2D eigenvalue weighted by Gasteiger charge is 2.30. The maximum absolute atomic E-state index is 5.45. The van der Waals surface area contributed by atoms with Crippen molar-refractivity contribution >= 4 is 5.69 Å². The van der Waals surface area contributed by atoms with Crippen LogP contribution < -0.4 is 10.1 Å². The summed E-state index contributed by atoms with van der Waals surface area (Å²) in [6, 6.07) is 8.81. The van der Waals surface area contributed by atoms with Gasteiger partial charge in [0.15, 0.2) is 0 Å². The quantitative estimate of drug-likeness (QED) is 0.857. The minimum Gasteiger partial charge on any atom is -0.495 e. The van der Waals surface area contributed by atoms with Crippen LogP contribution in [0.2, 0.25) is 0 Å². The molecule has 3 atom stereocenters. The molecule has 1 aliphatic rings.